The molecule has 2 aliphatic heterocycles. The number of benzene rings is 1. The van der Waals surface area contributed by atoms with Gasteiger partial charge in [0.2, 0.25) is 15.9 Å². The van der Waals surface area contributed by atoms with Crippen LogP contribution in [0.5, 0.6) is 0 Å². The van der Waals surface area contributed by atoms with Gasteiger partial charge in [-0.2, -0.15) is 4.31 Å². The molecule has 150 valence electrons. The first-order chi connectivity index (χ1) is 13.3. The molecule has 0 unspecified atom stereocenters. The monoisotopic (exact) mass is 403 g/mol. The highest BCUT2D eigenvalue weighted by Gasteiger charge is 2.39. The highest BCUT2D eigenvalue weighted by atomic mass is 32.2. The highest BCUT2D eigenvalue weighted by molar-refractivity contribution is 7.89. The van der Waals surface area contributed by atoms with Crippen LogP contribution in [0.25, 0.3) is 0 Å². The number of likely N-dealkylation sites (tertiary alicyclic amines) is 1. The van der Waals surface area contributed by atoms with Crippen LogP contribution in [-0.2, 0) is 21.4 Å². The Labute approximate surface area is 165 Å². The minimum absolute atomic E-state index is 0.0311. The van der Waals surface area contributed by atoms with Crippen LogP contribution < -0.4 is 0 Å². The molecule has 2 saturated heterocycles. The molecular weight excluding hydrogens is 378 g/mol. The molecule has 2 fully saturated rings. The lowest BCUT2D eigenvalue weighted by Gasteiger charge is -2.38. The van der Waals surface area contributed by atoms with E-state index in [-0.39, 0.29) is 11.9 Å². The zero-order valence-corrected chi connectivity index (χ0v) is 17.2. The summed E-state index contributed by atoms with van der Waals surface area (Å²) in [5.41, 5.74) is 3.35. The SMILES string of the molecule is Cc1cc(C)c(S(=O)(=O)N2CC(n3cc(CN4CCCC4=O)nn3)C2)c(C)c1. The number of hydrogen-bond acceptors (Lipinski definition) is 5. The van der Waals surface area contributed by atoms with Gasteiger partial charge in [0.25, 0.3) is 0 Å². The second-order valence-corrected chi connectivity index (χ2v) is 9.69. The number of carbonyl (C=O) groups excluding carboxylic acids is 1. The van der Waals surface area contributed by atoms with Gasteiger partial charge < -0.3 is 4.90 Å². The standard InChI is InChI=1S/C19H25N5O3S/c1-13-7-14(2)19(15(3)8-13)28(26,27)23-11-17(12-23)24-10-16(20-21-24)9-22-6-4-5-18(22)25/h7-8,10,17H,4-6,9,11-12H2,1-3H3. The number of nitrogens with zero attached hydrogens (tertiary/aromatic N) is 5. The molecule has 0 N–H and O–H groups in total. The van der Waals surface area contributed by atoms with Gasteiger partial charge in [-0.15, -0.1) is 5.10 Å². The summed E-state index contributed by atoms with van der Waals surface area (Å²) in [6, 6.07) is 3.78. The van der Waals surface area contributed by atoms with Crippen molar-refractivity contribution in [3.63, 3.8) is 0 Å². The van der Waals surface area contributed by atoms with Gasteiger partial charge in [0.05, 0.1) is 23.7 Å². The maximum absolute atomic E-state index is 13.1. The van der Waals surface area contributed by atoms with Crippen molar-refractivity contribution in [3.8, 4) is 0 Å². The molecule has 1 amide bonds. The Morgan fingerprint density at radius 1 is 1.14 bits per heavy atom. The summed E-state index contributed by atoms with van der Waals surface area (Å²) in [5.74, 6) is 0.152. The number of hydrogen-bond donors (Lipinski definition) is 0. The summed E-state index contributed by atoms with van der Waals surface area (Å²) < 4.78 is 29.3. The molecule has 1 aromatic heterocycles. The lowest BCUT2D eigenvalue weighted by Crippen LogP contribution is -2.51. The summed E-state index contributed by atoms with van der Waals surface area (Å²) in [7, 11) is -3.52. The molecule has 8 nitrogen and oxygen atoms in total. The van der Waals surface area contributed by atoms with Crippen LogP contribution in [0.2, 0.25) is 0 Å². The van der Waals surface area contributed by atoms with E-state index in [4.69, 9.17) is 0 Å². The quantitative estimate of drug-likeness (QED) is 0.756. The van der Waals surface area contributed by atoms with Crippen LogP contribution in [0.4, 0.5) is 0 Å². The first-order valence-electron chi connectivity index (χ1n) is 9.52. The Kier molecular flexibility index (Phi) is 4.75. The Balaban J connectivity index is 1.44. The summed E-state index contributed by atoms with van der Waals surface area (Å²) >= 11 is 0. The second kappa shape index (κ2) is 6.97. The molecule has 2 aliphatic rings. The lowest BCUT2D eigenvalue weighted by molar-refractivity contribution is -0.128. The summed E-state index contributed by atoms with van der Waals surface area (Å²) in [4.78, 5) is 13.9. The van der Waals surface area contributed by atoms with E-state index in [1.807, 2.05) is 39.1 Å². The van der Waals surface area contributed by atoms with Crippen molar-refractivity contribution >= 4 is 15.9 Å². The van der Waals surface area contributed by atoms with E-state index in [2.05, 4.69) is 10.3 Å². The first kappa shape index (κ1) is 19.1. The number of aryl methyl sites for hydroxylation is 3. The van der Waals surface area contributed by atoms with Gasteiger partial charge >= 0.3 is 0 Å². The lowest BCUT2D eigenvalue weighted by atomic mass is 10.1. The first-order valence-corrected chi connectivity index (χ1v) is 11.0. The normalized spacial score (nSPS) is 18.7. The molecule has 9 heteroatoms. The van der Waals surface area contributed by atoms with Crippen molar-refractivity contribution in [2.45, 2.75) is 51.1 Å². The van der Waals surface area contributed by atoms with Gasteiger partial charge in [-0.3, -0.25) is 4.79 Å². The van der Waals surface area contributed by atoms with Crippen LogP contribution in [0, 0.1) is 20.8 Å². The third kappa shape index (κ3) is 3.33. The topological polar surface area (TPSA) is 88.4 Å². The third-order valence-corrected chi connectivity index (χ3v) is 7.63. The molecule has 28 heavy (non-hydrogen) atoms. The Morgan fingerprint density at radius 2 is 1.82 bits per heavy atom. The molecule has 0 aliphatic carbocycles. The minimum atomic E-state index is -3.52. The number of aromatic nitrogens is 3. The molecule has 3 heterocycles. The summed E-state index contributed by atoms with van der Waals surface area (Å²) in [6.07, 6.45) is 3.31. The van der Waals surface area contributed by atoms with Crippen LogP contribution in [0.3, 0.4) is 0 Å². The molecule has 0 spiro atoms. The van der Waals surface area contributed by atoms with E-state index in [0.717, 1.165) is 35.3 Å². The van der Waals surface area contributed by atoms with Crippen molar-refractivity contribution in [3.05, 3.63) is 40.7 Å². The second-order valence-electron chi connectivity index (χ2n) is 7.81. The molecule has 1 aromatic carbocycles. The zero-order valence-electron chi connectivity index (χ0n) is 16.4. The Hall–Kier alpha value is -2.26. The number of carbonyl (C=O) groups is 1. The number of amides is 1. The van der Waals surface area contributed by atoms with Crippen molar-refractivity contribution < 1.29 is 13.2 Å². The fourth-order valence-corrected chi connectivity index (χ4v) is 6.04. The van der Waals surface area contributed by atoms with Crippen LogP contribution in [0.15, 0.2) is 23.2 Å². The van der Waals surface area contributed by atoms with E-state index >= 15 is 0 Å². The van der Waals surface area contributed by atoms with E-state index in [1.165, 1.54) is 4.31 Å². The van der Waals surface area contributed by atoms with Crippen molar-refractivity contribution in [2.75, 3.05) is 19.6 Å². The van der Waals surface area contributed by atoms with Gasteiger partial charge in [0, 0.05) is 26.1 Å². The largest absolute Gasteiger partial charge is 0.337 e. The van der Waals surface area contributed by atoms with E-state index in [1.54, 1.807) is 9.58 Å². The van der Waals surface area contributed by atoms with Crippen LogP contribution in [0.1, 0.15) is 41.3 Å². The van der Waals surface area contributed by atoms with Crippen molar-refractivity contribution in [1.82, 2.24) is 24.2 Å². The van der Waals surface area contributed by atoms with E-state index in [0.29, 0.717) is 31.0 Å². The Morgan fingerprint density at radius 3 is 2.43 bits per heavy atom. The van der Waals surface area contributed by atoms with Crippen molar-refractivity contribution in [1.29, 1.82) is 0 Å². The zero-order chi connectivity index (χ0) is 20.1. The molecule has 0 radical (unpaired) electrons. The average Bonchev–Trinajstić information content (AvgIpc) is 3.14. The molecule has 4 rings (SSSR count). The number of rotatable bonds is 5. The molecule has 0 saturated carbocycles. The molecule has 0 bridgehead atoms. The Bertz CT molecular complexity index is 1000. The fraction of sp³-hybridized carbons (Fsp3) is 0.526. The van der Waals surface area contributed by atoms with Gasteiger partial charge in [0.1, 0.15) is 5.69 Å². The predicted octanol–water partition coefficient (Wildman–Crippen LogP) is 1.57. The third-order valence-electron chi connectivity index (χ3n) is 5.49. The van der Waals surface area contributed by atoms with Gasteiger partial charge in [-0.1, -0.05) is 22.9 Å². The van der Waals surface area contributed by atoms with Crippen molar-refractivity contribution in [2.24, 2.45) is 0 Å². The van der Waals surface area contributed by atoms with Crippen LogP contribution >= 0.6 is 0 Å². The predicted molar refractivity (Wildman–Crippen MR) is 103 cm³/mol. The average molecular weight is 404 g/mol. The maximum Gasteiger partial charge on any atom is 0.243 e. The summed E-state index contributed by atoms with van der Waals surface area (Å²) in [5, 5.41) is 8.30. The van der Waals surface area contributed by atoms with Crippen LogP contribution in [-0.4, -0.2) is 58.2 Å². The van der Waals surface area contributed by atoms with Gasteiger partial charge in [0.15, 0.2) is 0 Å². The minimum Gasteiger partial charge on any atom is -0.337 e. The number of sulfonamides is 1. The molecule has 0 atom stereocenters. The maximum atomic E-state index is 13.1. The fourth-order valence-electron chi connectivity index (χ4n) is 4.11. The highest BCUT2D eigenvalue weighted by Crippen LogP contribution is 2.31. The van der Waals surface area contributed by atoms with E-state index in [9.17, 15) is 13.2 Å². The smallest absolute Gasteiger partial charge is 0.243 e. The summed E-state index contributed by atoms with van der Waals surface area (Å²) in [6.45, 7) is 7.63. The molecule has 2 aromatic rings. The van der Waals surface area contributed by atoms with Gasteiger partial charge in [-0.05, 0) is 38.3 Å². The van der Waals surface area contributed by atoms with Gasteiger partial charge in [-0.25, -0.2) is 13.1 Å². The molecular formula is C19H25N5O3S. The van der Waals surface area contributed by atoms with E-state index < -0.39 is 10.0 Å².